The van der Waals surface area contributed by atoms with Crippen molar-refractivity contribution in [3.8, 4) is 0 Å². The van der Waals surface area contributed by atoms with E-state index >= 15 is 0 Å². The number of allylic oxidation sites excluding steroid dienone is 2. The topological polar surface area (TPSA) is 0 Å². The van der Waals surface area contributed by atoms with E-state index in [0.29, 0.717) is 0 Å². The van der Waals surface area contributed by atoms with E-state index in [-0.39, 0.29) is 0 Å². The van der Waals surface area contributed by atoms with Gasteiger partial charge in [-0.25, -0.2) is 0 Å². The summed E-state index contributed by atoms with van der Waals surface area (Å²) in [5, 5.41) is 0. The quantitative estimate of drug-likeness (QED) is 0.468. The Labute approximate surface area is 182 Å². The van der Waals surface area contributed by atoms with Crippen molar-refractivity contribution in [2.24, 2.45) is 0 Å². The van der Waals surface area contributed by atoms with Crippen LogP contribution in [0.15, 0.2) is 67.8 Å². The Morgan fingerprint density at radius 1 is 0.643 bits per heavy atom. The smallest absolute Gasteiger partial charge is 0.0703 e. The van der Waals surface area contributed by atoms with Crippen LogP contribution in [0.3, 0.4) is 0 Å². The van der Waals surface area contributed by atoms with Gasteiger partial charge >= 0.3 is 0 Å². The molecule has 2 heterocycles. The fraction of sp³-hybridized carbons (Fsp3) is 0.0833. The first-order chi connectivity index (χ1) is 13.7. The molecule has 0 N–H and O–H groups in total. The van der Waals surface area contributed by atoms with Gasteiger partial charge in [-0.3, -0.25) is 0 Å². The van der Waals surface area contributed by atoms with Crippen molar-refractivity contribution in [3.63, 3.8) is 0 Å². The molecule has 0 radical (unpaired) electrons. The summed E-state index contributed by atoms with van der Waals surface area (Å²) in [6.07, 6.45) is 6.03. The normalized spacial score (nSPS) is 21.7. The van der Waals surface area contributed by atoms with E-state index in [1.54, 1.807) is 0 Å². The van der Waals surface area contributed by atoms with Crippen LogP contribution in [0.4, 0.5) is 0 Å². The van der Waals surface area contributed by atoms with Crippen molar-refractivity contribution in [3.05, 3.63) is 101 Å². The van der Waals surface area contributed by atoms with Gasteiger partial charge in [0, 0.05) is 32.5 Å². The van der Waals surface area contributed by atoms with Crippen molar-refractivity contribution >= 4 is 69.0 Å². The van der Waals surface area contributed by atoms with Crippen LogP contribution < -0.4 is 0 Å². The molecule has 2 aromatic carbocycles. The predicted octanol–water partition coefficient (Wildman–Crippen LogP) is 8.21. The van der Waals surface area contributed by atoms with E-state index in [1.807, 2.05) is 59.2 Å². The van der Waals surface area contributed by atoms with Crippen LogP contribution in [0.2, 0.25) is 0 Å². The lowest BCUT2D eigenvalue weighted by Gasteiger charge is -2.10. The molecule has 0 spiro atoms. The van der Waals surface area contributed by atoms with E-state index < -0.39 is 0 Å². The maximum atomic E-state index is 3.93. The van der Waals surface area contributed by atoms with Gasteiger partial charge in [-0.15, -0.1) is 0 Å². The second-order valence-corrected chi connectivity index (χ2v) is 11.9. The van der Waals surface area contributed by atoms with Gasteiger partial charge < -0.3 is 0 Å². The van der Waals surface area contributed by atoms with E-state index in [1.165, 1.54) is 61.5 Å². The van der Waals surface area contributed by atoms with Crippen LogP contribution >= 0.6 is 47.0 Å². The van der Waals surface area contributed by atoms with Gasteiger partial charge in [0.1, 0.15) is 0 Å². The van der Waals surface area contributed by atoms with Crippen LogP contribution in [-0.2, 0) is 12.8 Å². The van der Waals surface area contributed by atoms with Crippen molar-refractivity contribution in [1.29, 1.82) is 0 Å². The van der Waals surface area contributed by atoms with Gasteiger partial charge in [-0.2, -0.15) is 0 Å². The fourth-order valence-corrected chi connectivity index (χ4v) is 9.91. The third-order valence-corrected chi connectivity index (χ3v) is 11.3. The maximum absolute atomic E-state index is 3.93. The summed E-state index contributed by atoms with van der Waals surface area (Å²) in [5.41, 5.74) is 8.15. The van der Waals surface area contributed by atoms with Crippen LogP contribution in [-0.4, -0.2) is 0 Å². The monoisotopic (exact) mass is 432 g/mol. The van der Waals surface area contributed by atoms with Crippen LogP contribution in [0.1, 0.15) is 33.4 Å². The number of benzene rings is 2. The van der Waals surface area contributed by atoms with Gasteiger partial charge in [0.25, 0.3) is 0 Å². The Morgan fingerprint density at radius 2 is 1.11 bits per heavy atom. The number of rotatable bonds is 2. The molecule has 0 saturated heterocycles. The average Bonchev–Trinajstić information content (AvgIpc) is 3.45. The highest BCUT2D eigenvalue weighted by Gasteiger charge is 2.36. The number of fused-ring (bicyclic) bond motifs is 4. The Hall–Kier alpha value is -1.46. The maximum Gasteiger partial charge on any atom is 0.0703 e. The van der Waals surface area contributed by atoms with E-state index in [2.05, 4.69) is 49.6 Å². The Balaban J connectivity index is 1.29. The molecule has 0 fully saturated rings. The molecule has 2 aliphatic carbocycles. The predicted molar refractivity (Wildman–Crippen MR) is 132 cm³/mol. The first-order valence-corrected chi connectivity index (χ1v) is 12.4. The molecular formula is C24H16S4. The van der Waals surface area contributed by atoms with Crippen molar-refractivity contribution < 1.29 is 0 Å². The number of thioether (sulfide) groups is 4. The van der Waals surface area contributed by atoms with Crippen LogP contribution in [0.5, 0.6) is 0 Å². The van der Waals surface area contributed by atoms with E-state index in [0.717, 1.165) is 12.8 Å². The van der Waals surface area contributed by atoms with Gasteiger partial charge in [0.15, 0.2) is 0 Å². The molecule has 136 valence electrons. The van der Waals surface area contributed by atoms with E-state index in [4.69, 9.17) is 0 Å². The molecule has 0 nitrogen and oxygen atoms in total. The molecule has 0 atom stereocenters. The zero-order chi connectivity index (χ0) is 18.8. The zero-order valence-electron chi connectivity index (χ0n) is 15.1. The number of hydrogen-bond donors (Lipinski definition) is 0. The molecule has 0 bridgehead atoms. The third-order valence-electron chi connectivity index (χ3n) is 5.43. The summed E-state index contributed by atoms with van der Waals surface area (Å²) in [4.78, 5) is 5.97. The van der Waals surface area contributed by atoms with Crippen molar-refractivity contribution in [2.75, 3.05) is 0 Å². The zero-order valence-corrected chi connectivity index (χ0v) is 18.3. The molecule has 0 saturated carbocycles. The molecule has 28 heavy (non-hydrogen) atoms. The molecule has 0 aromatic heterocycles. The minimum absolute atomic E-state index is 1.07. The summed E-state index contributed by atoms with van der Waals surface area (Å²) in [6, 6.07) is 13.5. The lowest BCUT2D eigenvalue weighted by molar-refractivity contribution is 1.29. The summed E-state index contributed by atoms with van der Waals surface area (Å²) in [7, 11) is 0. The Bertz CT molecular complexity index is 1100. The fourth-order valence-electron chi connectivity index (χ4n) is 3.99. The largest absolute Gasteiger partial charge is 0.0985 e. The minimum atomic E-state index is 1.07. The van der Waals surface area contributed by atoms with Crippen LogP contribution in [0, 0.1) is 0 Å². The SMILES string of the molecule is C=Cc1ccc2c(c1)C1=C(C2)S/C(=C2/SC3=C(S2)c2cc(C=C)ccc2C3)S1. The summed E-state index contributed by atoms with van der Waals surface area (Å²) >= 11 is 7.92. The van der Waals surface area contributed by atoms with Gasteiger partial charge in [-0.1, -0.05) is 96.6 Å². The summed E-state index contributed by atoms with van der Waals surface area (Å²) in [6.45, 7) is 7.85. The van der Waals surface area contributed by atoms with E-state index in [9.17, 15) is 0 Å². The first-order valence-electron chi connectivity index (χ1n) is 9.17. The third kappa shape index (κ3) is 2.58. The van der Waals surface area contributed by atoms with Crippen molar-refractivity contribution in [1.82, 2.24) is 0 Å². The molecule has 4 heteroatoms. The first kappa shape index (κ1) is 17.4. The lowest BCUT2D eigenvalue weighted by atomic mass is 10.1. The highest BCUT2D eigenvalue weighted by atomic mass is 32.2. The average molecular weight is 433 g/mol. The summed E-state index contributed by atoms with van der Waals surface area (Å²) in [5.74, 6) is 0. The summed E-state index contributed by atoms with van der Waals surface area (Å²) < 4.78 is 2.93. The van der Waals surface area contributed by atoms with Gasteiger partial charge in [0.2, 0.25) is 0 Å². The highest BCUT2D eigenvalue weighted by Crippen LogP contribution is 2.66. The Kier molecular flexibility index (Phi) is 4.06. The highest BCUT2D eigenvalue weighted by molar-refractivity contribution is 8.37. The lowest BCUT2D eigenvalue weighted by Crippen LogP contribution is -1.87. The standard InChI is InChI=1S/C24H16S4/c1-3-13-5-7-15-11-19-21(17(15)9-13)27-23(25-19)24-26-20-12-16-8-6-14(4-2)10-18(16)22(20)28-24/h3-10H,1-2,11-12H2/b24-23+. The second-order valence-electron chi connectivity index (χ2n) is 7.08. The van der Waals surface area contributed by atoms with Gasteiger partial charge in [-0.05, 0) is 45.5 Å². The van der Waals surface area contributed by atoms with Crippen molar-refractivity contribution in [2.45, 2.75) is 12.8 Å². The second kappa shape index (κ2) is 6.53. The minimum Gasteiger partial charge on any atom is -0.0985 e. The molecule has 0 amide bonds. The molecule has 2 aliphatic heterocycles. The molecular weight excluding hydrogens is 417 g/mol. The Morgan fingerprint density at radius 3 is 1.54 bits per heavy atom. The van der Waals surface area contributed by atoms with Crippen LogP contribution in [0.25, 0.3) is 22.0 Å². The molecule has 4 aliphatic rings. The molecule has 2 aromatic rings. The molecule has 6 rings (SSSR count). The van der Waals surface area contributed by atoms with Gasteiger partial charge in [0.05, 0.1) is 8.47 Å². The number of hydrogen-bond acceptors (Lipinski definition) is 4. The molecule has 0 unspecified atom stereocenters.